The first-order valence-corrected chi connectivity index (χ1v) is 8.67. The zero-order valence-electron chi connectivity index (χ0n) is 12.2. The second-order valence-electron chi connectivity index (χ2n) is 4.70. The molecule has 0 amide bonds. The van der Waals surface area contributed by atoms with Gasteiger partial charge in [-0.25, -0.2) is 9.59 Å². The van der Waals surface area contributed by atoms with E-state index in [4.69, 9.17) is 33.4 Å². The molecule has 0 aliphatic carbocycles. The van der Waals surface area contributed by atoms with Crippen molar-refractivity contribution in [2.75, 3.05) is 0 Å². The van der Waals surface area contributed by atoms with E-state index in [9.17, 15) is 18.0 Å². The molecule has 25 heavy (non-hydrogen) atoms. The second-order valence-corrected chi connectivity index (χ2v) is 7.15. The van der Waals surface area contributed by atoms with Gasteiger partial charge in [0.15, 0.2) is 0 Å². The third-order valence-electron chi connectivity index (χ3n) is 3.03. The molecule has 10 heteroatoms. The van der Waals surface area contributed by atoms with Crippen molar-refractivity contribution in [3.05, 3.63) is 63.1 Å². The molecule has 2 aromatic carbocycles. The number of sulfonamides is 1. The summed E-state index contributed by atoms with van der Waals surface area (Å²) in [6.07, 6.45) is 0.992. The van der Waals surface area contributed by atoms with Crippen molar-refractivity contribution in [1.82, 2.24) is 0 Å². The van der Waals surface area contributed by atoms with Crippen LogP contribution in [-0.2, 0) is 10.0 Å². The van der Waals surface area contributed by atoms with Gasteiger partial charge in [-0.1, -0.05) is 29.3 Å². The molecular weight excluding hydrogens is 393 g/mol. The normalized spacial score (nSPS) is 11.6. The summed E-state index contributed by atoms with van der Waals surface area (Å²) >= 11 is 11.5. The van der Waals surface area contributed by atoms with Crippen molar-refractivity contribution in [3.63, 3.8) is 0 Å². The lowest BCUT2D eigenvalue weighted by Crippen LogP contribution is -2.02. The number of carbonyl (C=O) groups is 2. The van der Waals surface area contributed by atoms with Crippen LogP contribution in [0.15, 0.2) is 45.7 Å². The van der Waals surface area contributed by atoms with Crippen molar-refractivity contribution in [3.8, 4) is 0 Å². The van der Waals surface area contributed by atoms with Gasteiger partial charge in [0, 0.05) is 6.21 Å². The van der Waals surface area contributed by atoms with E-state index in [1.165, 1.54) is 18.2 Å². The molecular formula is C15H9Cl2NO6S. The van der Waals surface area contributed by atoms with Crippen LogP contribution in [0.2, 0.25) is 10.0 Å². The maximum absolute atomic E-state index is 12.2. The smallest absolute Gasteiger partial charge is 0.337 e. The molecule has 7 nitrogen and oxygen atoms in total. The van der Waals surface area contributed by atoms with E-state index in [1.807, 2.05) is 0 Å². The maximum atomic E-state index is 12.2. The molecule has 0 bridgehead atoms. The molecule has 2 aromatic rings. The maximum Gasteiger partial charge on any atom is 0.337 e. The van der Waals surface area contributed by atoms with Gasteiger partial charge in [0.05, 0.1) is 26.1 Å². The van der Waals surface area contributed by atoms with E-state index in [0.29, 0.717) is 0 Å². The monoisotopic (exact) mass is 401 g/mol. The van der Waals surface area contributed by atoms with Gasteiger partial charge in [-0.05, 0) is 35.9 Å². The topological polar surface area (TPSA) is 121 Å². The largest absolute Gasteiger partial charge is 0.478 e. The Hall–Kier alpha value is -2.42. The van der Waals surface area contributed by atoms with Crippen LogP contribution in [0.4, 0.5) is 0 Å². The number of carboxylic acid groups (broad SMARTS) is 2. The van der Waals surface area contributed by atoms with Crippen LogP contribution >= 0.6 is 23.2 Å². The Bertz CT molecular complexity index is 1000. The second kappa shape index (κ2) is 7.22. The SMILES string of the molecule is O=C(O)c1ccc(C=NS(=O)(=O)c2ccc(C(=O)O)c(Cl)c2)cc1Cl. The molecule has 0 aliphatic heterocycles. The summed E-state index contributed by atoms with van der Waals surface area (Å²) in [5, 5.41) is 17.5. The summed E-state index contributed by atoms with van der Waals surface area (Å²) in [6.45, 7) is 0. The molecule has 2 N–H and O–H groups in total. The number of rotatable bonds is 5. The van der Waals surface area contributed by atoms with E-state index < -0.39 is 22.0 Å². The standard InChI is InChI=1S/C15H9Cl2NO6S/c16-12-5-8(1-3-10(12)14(19)20)7-18-25(23,24)9-2-4-11(15(21)22)13(17)6-9/h1-7H,(H,19,20)(H,21,22). The zero-order valence-corrected chi connectivity index (χ0v) is 14.5. The van der Waals surface area contributed by atoms with Crippen LogP contribution in [-0.4, -0.2) is 36.8 Å². The molecule has 0 saturated carbocycles. The van der Waals surface area contributed by atoms with Crippen molar-refractivity contribution in [1.29, 1.82) is 0 Å². The predicted octanol–water partition coefficient (Wildman–Crippen LogP) is 3.20. The number of hydrogen-bond acceptors (Lipinski definition) is 4. The number of nitrogens with zero attached hydrogens (tertiary/aromatic N) is 1. The van der Waals surface area contributed by atoms with Crippen LogP contribution in [0.3, 0.4) is 0 Å². The molecule has 0 aromatic heterocycles. The first-order chi connectivity index (χ1) is 11.6. The van der Waals surface area contributed by atoms with E-state index in [-0.39, 0.29) is 31.6 Å². The van der Waals surface area contributed by atoms with E-state index in [1.54, 1.807) is 0 Å². The summed E-state index contributed by atoms with van der Waals surface area (Å²) in [5.41, 5.74) is -0.0924. The Morgan fingerprint density at radius 2 is 1.44 bits per heavy atom. The fourth-order valence-electron chi connectivity index (χ4n) is 1.81. The molecule has 0 spiro atoms. The van der Waals surface area contributed by atoms with Gasteiger partial charge in [-0.3, -0.25) is 0 Å². The molecule has 2 rings (SSSR count). The molecule has 0 fully saturated rings. The average molecular weight is 402 g/mol. The minimum Gasteiger partial charge on any atom is -0.478 e. The highest BCUT2D eigenvalue weighted by Gasteiger charge is 2.16. The molecule has 0 aliphatic rings. The van der Waals surface area contributed by atoms with Crippen LogP contribution < -0.4 is 0 Å². The molecule has 0 heterocycles. The third-order valence-corrected chi connectivity index (χ3v) is 4.89. The summed E-state index contributed by atoms with van der Waals surface area (Å²) in [4.78, 5) is 21.5. The van der Waals surface area contributed by atoms with Gasteiger partial charge >= 0.3 is 11.9 Å². The number of carboxylic acids is 2. The Morgan fingerprint density at radius 1 is 0.920 bits per heavy atom. The van der Waals surface area contributed by atoms with Crippen LogP contribution in [0.1, 0.15) is 26.3 Å². The Kier molecular flexibility index (Phi) is 5.46. The first-order valence-electron chi connectivity index (χ1n) is 6.48. The highest BCUT2D eigenvalue weighted by Crippen LogP contribution is 2.22. The van der Waals surface area contributed by atoms with E-state index in [0.717, 1.165) is 24.4 Å². The van der Waals surface area contributed by atoms with Gasteiger partial charge in [0.25, 0.3) is 10.0 Å². The van der Waals surface area contributed by atoms with Crippen LogP contribution in [0.25, 0.3) is 0 Å². The van der Waals surface area contributed by atoms with Crippen molar-refractivity contribution < 1.29 is 28.2 Å². The van der Waals surface area contributed by atoms with E-state index >= 15 is 0 Å². The quantitative estimate of drug-likeness (QED) is 0.741. The minimum atomic E-state index is -4.13. The molecule has 0 atom stereocenters. The Labute approximate surface area is 152 Å². The fourth-order valence-corrected chi connectivity index (χ4v) is 3.29. The summed E-state index contributed by atoms with van der Waals surface area (Å²) in [5.74, 6) is -2.50. The predicted molar refractivity (Wildman–Crippen MR) is 91.6 cm³/mol. The lowest BCUT2D eigenvalue weighted by molar-refractivity contribution is 0.0686. The molecule has 0 radical (unpaired) electrons. The fraction of sp³-hybridized carbons (Fsp3) is 0. The summed E-state index contributed by atoms with van der Waals surface area (Å²) in [6, 6.07) is 6.93. The van der Waals surface area contributed by atoms with Crippen molar-refractivity contribution in [2.24, 2.45) is 4.40 Å². The van der Waals surface area contributed by atoms with Gasteiger partial charge < -0.3 is 10.2 Å². The number of halogens is 2. The number of benzene rings is 2. The Balaban J connectivity index is 2.34. The molecule has 130 valence electrons. The van der Waals surface area contributed by atoms with Gasteiger partial charge in [0.1, 0.15) is 0 Å². The van der Waals surface area contributed by atoms with Crippen molar-refractivity contribution >= 4 is 51.4 Å². The third kappa shape index (κ3) is 4.36. The molecule has 0 saturated heterocycles. The summed E-state index contributed by atoms with van der Waals surface area (Å²) < 4.78 is 27.8. The van der Waals surface area contributed by atoms with Gasteiger partial charge in [-0.2, -0.15) is 12.8 Å². The highest BCUT2D eigenvalue weighted by atomic mass is 35.5. The van der Waals surface area contributed by atoms with Crippen LogP contribution in [0, 0.1) is 0 Å². The lowest BCUT2D eigenvalue weighted by Gasteiger charge is -2.03. The van der Waals surface area contributed by atoms with Gasteiger partial charge in [-0.15, -0.1) is 0 Å². The van der Waals surface area contributed by atoms with Crippen LogP contribution in [0.5, 0.6) is 0 Å². The highest BCUT2D eigenvalue weighted by molar-refractivity contribution is 7.90. The molecule has 0 unspecified atom stereocenters. The number of hydrogen-bond donors (Lipinski definition) is 2. The Morgan fingerprint density at radius 3 is 1.92 bits per heavy atom. The van der Waals surface area contributed by atoms with E-state index in [2.05, 4.69) is 4.40 Å². The first kappa shape index (κ1) is 18.9. The minimum absolute atomic E-state index is 0.0669. The van der Waals surface area contributed by atoms with Crippen molar-refractivity contribution in [2.45, 2.75) is 4.90 Å². The number of aromatic carboxylic acids is 2. The zero-order chi connectivity index (χ0) is 18.8. The summed E-state index contributed by atoms with van der Waals surface area (Å²) in [7, 11) is -4.13. The average Bonchev–Trinajstić information content (AvgIpc) is 2.52. The lowest BCUT2D eigenvalue weighted by atomic mass is 10.1. The van der Waals surface area contributed by atoms with Gasteiger partial charge in [0.2, 0.25) is 0 Å².